The van der Waals surface area contributed by atoms with Gasteiger partial charge in [-0.05, 0) is 51.1 Å². The molecule has 0 aromatic carbocycles. The van der Waals surface area contributed by atoms with Gasteiger partial charge in [0.1, 0.15) is 0 Å². The molecule has 1 saturated carbocycles. The summed E-state index contributed by atoms with van der Waals surface area (Å²) in [6.45, 7) is 5.87. The zero-order valence-corrected chi connectivity index (χ0v) is 12.3. The minimum absolute atomic E-state index is 0.352. The fraction of sp³-hybridized carbons (Fsp3) is 1.00. The van der Waals surface area contributed by atoms with Gasteiger partial charge in [-0.2, -0.15) is 0 Å². The molecule has 0 bridgehead atoms. The normalized spacial score (nSPS) is 31.3. The number of likely N-dealkylation sites (tertiary alicyclic amines) is 1. The van der Waals surface area contributed by atoms with Crippen LogP contribution in [-0.2, 0) is 0 Å². The van der Waals surface area contributed by atoms with Crippen LogP contribution in [0.5, 0.6) is 0 Å². The summed E-state index contributed by atoms with van der Waals surface area (Å²) in [5.74, 6) is 0.915. The molecule has 1 heterocycles. The SMILES string of the molecule is CC1CCCN(C2(CN)CCCCCCC2)CC1. The Bertz CT molecular complexity index is 231. The number of rotatable bonds is 2. The Morgan fingerprint density at radius 2 is 1.61 bits per heavy atom. The first-order chi connectivity index (χ1) is 8.77. The molecule has 2 fully saturated rings. The van der Waals surface area contributed by atoms with E-state index in [2.05, 4.69) is 11.8 Å². The zero-order chi connectivity index (χ0) is 12.8. The summed E-state index contributed by atoms with van der Waals surface area (Å²) in [6, 6.07) is 0. The van der Waals surface area contributed by atoms with Gasteiger partial charge in [0.25, 0.3) is 0 Å². The van der Waals surface area contributed by atoms with E-state index in [1.165, 1.54) is 77.3 Å². The highest BCUT2D eigenvalue weighted by molar-refractivity contribution is 4.93. The maximum Gasteiger partial charge on any atom is 0.0331 e. The van der Waals surface area contributed by atoms with E-state index in [1.54, 1.807) is 0 Å². The quantitative estimate of drug-likeness (QED) is 0.814. The average molecular weight is 252 g/mol. The van der Waals surface area contributed by atoms with Gasteiger partial charge in [-0.1, -0.05) is 39.0 Å². The molecule has 0 amide bonds. The molecule has 2 aliphatic rings. The van der Waals surface area contributed by atoms with E-state index in [0.717, 1.165) is 12.5 Å². The van der Waals surface area contributed by atoms with Crippen molar-refractivity contribution in [2.24, 2.45) is 11.7 Å². The lowest BCUT2D eigenvalue weighted by atomic mass is 9.82. The van der Waals surface area contributed by atoms with Gasteiger partial charge in [0.15, 0.2) is 0 Å². The average Bonchev–Trinajstić information content (AvgIpc) is 2.55. The Morgan fingerprint density at radius 3 is 2.28 bits per heavy atom. The summed E-state index contributed by atoms with van der Waals surface area (Å²) in [6.07, 6.45) is 13.9. The molecule has 0 radical (unpaired) electrons. The van der Waals surface area contributed by atoms with Crippen molar-refractivity contribution in [2.45, 2.75) is 76.7 Å². The minimum atomic E-state index is 0.352. The molecule has 106 valence electrons. The standard InChI is InChI=1S/C16H32N2/c1-15-8-7-12-18(13-9-15)16(14-17)10-5-3-2-4-6-11-16/h15H,2-14,17H2,1H3. The minimum Gasteiger partial charge on any atom is -0.329 e. The molecule has 2 nitrogen and oxygen atoms in total. The summed E-state index contributed by atoms with van der Waals surface area (Å²) in [5.41, 5.74) is 6.59. The summed E-state index contributed by atoms with van der Waals surface area (Å²) < 4.78 is 0. The van der Waals surface area contributed by atoms with Crippen LogP contribution in [0.2, 0.25) is 0 Å². The van der Waals surface area contributed by atoms with Crippen LogP contribution in [0.25, 0.3) is 0 Å². The lowest BCUT2D eigenvalue weighted by Crippen LogP contribution is -2.54. The Kier molecular flexibility index (Phi) is 5.50. The largest absolute Gasteiger partial charge is 0.329 e. The van der Waals surface area contributed by atoms with Crippen LogP contribution >= 0.6 is 0 Å². The van der Waals surface area contributed by atoms with Crippen LogP contribution in [0.1, 0.15) is 71.1 Å². The number of hydrogen-bond donors (Lipinski definition) is 1. The summed E-state index contributed by atoms with van der Waals surface area (Å²) in [5, 5.41) is 0. The molecule has 2 N–H and O–H groups in total. The summed E-state index contributed by atoms with van der Waals surface area (Å²) in [7, 11) is 0. The van der Waals surface area contributed by atoms with E-state index in [0.29, 0.717) is 5.54 Å². The monoisotopic (exact) mass is 252 g/mol. The van der Waals surface area contributed by atoms with Crippen LogP contribution in [0.4, 0.5) is 0 Å². The molecule has 1 unspecified atom stereocenters. The zero-order valence-electron chi connectivity index (χ0n) is 12.3. The van der Waals surface area contributed by atoms with Gasteiger partial charge in [0.2, 0.25) is 0 Å². The second kappa shape index (κ2) is 6.91. The molecule has 1 aliphatic heterocycles. The smallest absolute Gasteiger partial charge is 0.0331 e. The molecule has 1 saturated heterocycles. The van der Waals surface area contributed by atoms with Gasteiger partial charge in [-0.3, -0.25) is 4.90 Å². The number of hydrogen-bond acceptors (Lipinski definition) is 2. The molecular formula is C16H32N2. The Balaban J connectivity index is 2.03. The molecular weight excluding hydrogens is 220 g/mol. The second-order valence-electron chi connectivity index (χ2n) is 6.72. The van der Waals surface area contributed by atoms with E-state index in [4.69, 9.17) is 5.73 Å². The molecule has 1 atom stereocenters. The molecule has 18 heavy (non-hydrogen) atoms. The Labute approximate surface area is 113 Å². The van der Waals surface area contributed by atoms with Crippen molar-refractivity contribution in [3.8, 4) is 0 Å². The summed E-state index contributed by atoms with van der Waals surface area (Å²) >= 11 is 0. The fourth-order valence-corrected chi connectivity index (χ4v) is 3.95. The van der Waals surface area contributed by atoms with Crippen LogP contribution in [0.15, 0.2) is 0 Å². The van der Waals surface area contributed by atoms with Gasteiger partial charge >= 0.3 is 0 Å². The van der Waals surface area contributed by atoms with Crippen molar-refractivity contribution in [1.29, 1.82) is 0 Å². The van der Waals surface area contributed by atoms with Crippen molar-refractivity contribution >= 4 is 0 Å². The third kappa shape index (κ3) is 3.48. The molecule has 0 aromatic heterocycles. The Morgan fingerprint density at radius 1 is 0.944 bits per heavy atom. The first kappa shape index (κ1) is 14.3. The molecule has 0 aromatic rings. The van der Waals surface area contributed by atoms with Crippen molar-refractivity contribution < 1.29 is 0 Å². The predicted octanol–water partition coefficient (Wildman–Crippen LogP) is 3.55. The second-order valence-corrected chi connectivity index (χ2v) is 6.72. The van der Waals surface area contributed by atoms with E-state index in [-0.39, 0.29) is 0 Å². The molecule has 1 aliphatic carbocycles. The third-order valence-electron chi connectivity index (χ3n) is 5.35. The lowest BCUT2D eigenvalue weighted by molar-refractivity contribution is 0.0692. The van der Waals surface area contributed by atoms with Gasteiger partial charge in [-0.25, -0.2) is 0 Å². The summed E-state index contributed by atoms with van der Waals surface area (Å²) in [4.78, 5) is 2.78. The van der Waals surface area contributed by atoms with E-state index in [9.17, 15) is 0 Å². The van der Waals surface area contributed by atoms with E-state index >= 15 is 0 Å². The van der Waals surface area contributed by atoms with Gasteiger partial charge < -0.3 is 5.73 Å². The topological polar surface area (TPSA) is 29.3 Å². The highest BCUT2D eigenvalue weighted by Crippen LogP contribution is 2.33. The van der Waals surface area contributed by atoms with Gasteiger partial charge in [-0.15, -0.1) is 0 Å². The fourth-order valence-electron chi connectivity index (χ4n) is 3.95. The van der Waals surface area contributed by atoms with Crippen LogP contribution in [-0.4, -0.2) is 30.1 Å². The van der Waals surface area contributed by atoms with Gasteiger partial charge in [0, 0.05) is 12.1 Å². The predicted molar refractivity (Wildman–Crippen MR) is 78.7 cm³/mol. The van der Waals surface area contributed by atoms with Crippen molar-refractivity contribution in [3.63, 3.8) is 0 Å². The highest BCUT2D eigenvalue weighted by Gasteiger charge is 2.35. The molecule has 2 rings (SSSR count). The first-order valence-electron chi connectivity index (χ1n) is 8.22. The van der Waals surface area contributed by atoms with Crippen LogP contribution < -0.4 is 5.73 Å². The van der Waals surface area contributed by atoms with Gasteiger partial charge in [0.05, 0.1) is 0 Å². The maximum absolute atomic E-state index is 6.23. The van der Waals surface area contributed by atoms with Crippen molar-refractivity contribution in [3.05, 3.63) is 0 Å². The highest BCUT2D eigenvalue weighted by atomic mass is 15.2. The molecule has 0 spiro atoms. The Hall–Kier alpha value is -0.0800. The lowest BCUT2D eigenvalue weighted by Gasteiger charge is -2.44. The first-order valence-corrected chi connectivity index (χ1v) is 8.22. The van der Waals surface area contributed by atoms with Crippen LogP contribution in [0, 0.1) is 5.92 Å². The third-order valence-corrected chi connectivity index (χ3v) is 5.35. The van der Waals surface area contributed by atoms with E-state index < -0.39 is 0 Å². The maximum atomic E-state index is 6.23. The van der Waals surface area contributed by atoms with E-state index in [1.807, 2.05) is 0 Å². The molecule has 2 heteroatoms. The van der Waals surface area contributed by atoms with Crippen LogP contribution in [0.3, 0.4) is 0 Å². The number of nitrogens with two attached hydrogens (primary N) is 1. The van der Waals surface area contributed by atoms with Crippen molar-refractivity contribution in [2.75, 3.05) is 19.6 Å². The van der Waals surface area contributed by atoms with Crippen molar-refractivity contribution in [1.82, 2.24) is 4.90 Å². The number of nitrogens with zero attached hydrogens (tertiary/aromatic N) is 1.